The molecule has 1 aromatic carbocycles. The topological polar surface area (TPSA) is 30.2 Å². The first-order valence-corrected chi connectivity index (χ1v) is 12.2. The van der Waals surface area contributed by atoms with Gasteiger partial charge in [-0.15, -0.1) is 6.58 Å². The first-order chi connectivity index (χ1) is 15.1. The number of benzene rings is 1. The second kappa shape index (κ2) is 9.97. The summed E-state index contributed by atoms with van der Waals surface area (Å²) in [5.74, 6) is 1.76. The third-order valence-electron chi connectivity index (χ3n) is 7.49. The molecule has 0 saturated heterocycles. The summed E-state index contributed by atoms with van der Waals surface area (Å²) >= 11 is 0. The number of allylic oxidation sites excluding steroid dienone is 3. The van der Waals surface area contributed by atoms with Gasteiger partial charge in [-0.25, -0.2) is 9.18 Å². The number of rotatable bonds is 7. The molecule has 2 aliphatic carbocycles. The van der Waals surface area contributed by atoms with Crippen molar-refractivity contribution in [2.45, 2.75) is 83.5 Å². The van der Waals surface area contributed by atoms with Crippen molar-refractivity contribution in [1.29, 1.82) is 0 Å². The quantitative estimate of drug-likeness (QED) is 0.336. The van der Waals surface area contributed by atoms with Crippen molar-refractivity contribution in [2.24, 2.45) is 11.8 Å². The largest absolute Gasteiger partial charge is 0.427 e. The van der Waals surface area contributed by atoms with Gasteiger partial charge in [-0.2, -0.15) is 0 Å². The van der Waals surface area contributed by atoms with Gasteiger partial charge in [-0.1, -0.05) is 49.6 Å². The van der Waals surface area contributed by atoms with E-state index in [1.54, 1.807) is 5.57 Å². The zero-order chi connectivity index (χ0) is 21.8. The summed E-state index contributed by atoms with van der Waals surface area (Å²) in [5.41, 5.74) is 1.77. The summed E-state index contributed by atoms with van der Waals surface area (Å²) < 4.78 is 20.9. The molecule has 1 saturated carbocycles. The summed E-state index contributed by atoms with van der Waals surface area (Å²) in [7, 11) is 0. The normalized spacial score (nSPS) is 24.2. The average Bonchev–Trinajstić information content (AvgIpc) is 2.79. The minimum atomic E-state index is -0.527. The van der Waals surface area contributed by atoms with Crippen molar-refractivity contribution in [3.05, 3.63) is 70.1 Å². The van der Waals surface area contributed by atoms with Crippen LogP contribution in [0.25, 0.3) is 10.8 Å². The molecule has 166 valence electrons. The Hall–Kier alpha value is -2.16. The Morgan fingerprint density at radius 3 is 2.58 bits per heavy atom. The Labute approximate surface area is 185 Å². The molecular formula is C28H35FO2. The standard InChI is InChI=1S/C28H35FO2/c1-3-5-6-7-24-18-23-16-17-25(27(29)26(23)28(30)31-24)22-14-12-21(13-15-22)20-10-8-19(4-2)9-11-20/h4,10,16-19,21-22H,2-3,5-9,11-15H2,1H3. The monoisotopic (exact) mass is 422 g/mol. The lowest BCUT2D eigenvalue weighted by molar-refractivity contribution is 0.342. The predicted molar refractivity (Wildman–Crippen MR) is 126 cm³/mol. The highest BCUT2D eigenvalue weighted by molar-refractivity contribution is 5.83. The molecule has 2 aliphatic rings. The highest BCUT2D eigenvalue weighted by atomic mass is 19.1. The molecule has 0 spiro atoms. The van der Waals surface area contributed by atoms with Crippen LogP contribution in [0.1, 0.15) is 88.4 Å². The molecule has 1 fully saturated rings. The molecule has 3 heteroatoms. The van der Waals surface area contributed by atoms with Crippen molar-refractivity contribution in [3.8, 4) is 0 Å². The zero-order valence-electron chi connectivity index (χ0n) is 18.8. The lowest BCUT2D eigenvalue weighted by atomic mass is 9.73. The Kier molecular flexibility index (Phi) is 7.09. The van der Waals surface area contributed by atoms with Crippen LogP contribution in [0.2, 0.25) is 0 Å². The van der Waals surface area contributed by atoms with E-state index in [2.05, 4.69) is 25.7 Å². The summed E-state index contributed by atoms with van der Waals surface area (Å²) in [4.78, 5) is 12.6. The smallest absolute Gasteiger partial charge is 0.346 e. The van der Waals surface area contributed by atoms with Gasteiger partial charge in [0.05, 0.1) is 0 Å². The van der Waals surface area contributed by atoms with Gasteiger partial charge >= 0.3 is 5.63 Å². The fourth-order valence-corrected chi connectivity index (χ4v) is 5.53. The molecule has 0 N–H and O–H groups in total. The molecule has 1 atom stereocenters. The van der Waals surface area contributed by atoms with E-state index in [0.717, 1.165) is 57.8 Å². The van der Waals surface area contributed by atoms with E-state index in [1.165, 1.54) is 12.8 Å². The third kappa shape index (κ3) is 4.86. The second-order valence-electron chi connectivity index (χ2n) is 9.49. The number of aryl methyl sites for hydroxylation is 1. The van der Waals surface area contributed by atoms with E-state index < -0.39 is 5.63 Å². The lowest BCUT2D eigenvalue weighted by Gasteiger charge is -2.33. The van der Waals surface area contributed by atoms with Crippen molar-refractivity contribution in [2.75, 3.05) is 0 Å². The van der Waals surface area contributed by atoms with E-state index in [9.17, 15) is 4.79 Å². The number of hydrogen-bond acceptors (Lipinski definition) is 2. The maximum Gasteiger partial charge on any atom is 0.346 e. The van der Waals surface area contributed by atoms with Crippen molar-refractivity contribution >= 4 is 10.8 Å². The SMILES string of the molecule is C=CC1CC=C(C2CCC(c3ccc4cc(CCCCC)oc(=O)c4c3F)CC2)CC1. The van der Waals surface area contributed by atoms with Crippen molar-refractivity contribution in [1.82, 2.24) is 0 Å². The van der Waals surface area contributed by atoms with Crippen LogP contribution in [0.15, 0.2) is 51.7 Å². The van der Waals surface area contributed by atoms with Gasteiger partial charge in [-0.05, 0) is 86.1 Å². The van der Waals surface area contributed by atoms with E-state index in [-0.39, 0.29) is 17.1 Å². The van der Waals surface area contributed by atoms with Crippen molar-refractivity contribution < 1.29 is 8.81 Å². The molecule has 31 heavy (non-hydrogen) atoms. The molecule has 4 rings (SSSR count). The molecule has 0 bridgehead atoms. The average molecular weight is 423 g/mol. The van der Waals surface area contributed by atoms with Crippen LogP contribution in [-0.4, -0.2) is 0 Å². The first-order valence-electron chi connectivity index (χ1n) is 12.2. The molecular weight excluding hydrogens is 387 g/mol. The molecule has 0 aliphatic heterocycles. The van der Waals surface area contributed by atoms with Crippen LogP contribution in [0.3, 0.4) is 0 Å². The summed E-state index contributed by atoms with van der Waals surface area (Å²) in [6.45, 7) is 6.07. The van der Waals surface area contributed by atoms with E-state index in [1.807, 2.05) is 18.2 Å². The maximum absolute atomic E-state index is 15.4. The Morgan fingerprint density at radius 1 is 1.13 bits per heavy atom. The van der Waals surface area contributed by atoms with Crippen LogP contribution in [0.5, 0.6) is 0 Å². The van der Waals surface area contributed by atoms with Crippen molar-refractivity contribution in [3.63, 3.8) is 0 Å². The van der Waals surface area contributed by atoms with Crippen LogP contribution < -0.4 is 5.63 Å². The van der Waals surface area contributed by atoms with Crippen LogP contribution in [-0.2, 0) is 6.42 Å². The number of unbranched alkanes of at least 4 members (excludes halogenated alkanes) is 2. The number of fused-ring (bicyclic) bond motifs is 1. The van der Waals surface area contributed by atoms with Gasteiger partial charge in [0, 0.05) is 6.42 Å². The minimum absolute atomic E-state index is 0.129. The van der Waals surface area contributed by atoms with Crippen LogP contribution in [0, 0.1) is 17.7 Å². The van der Waals surface area contributed by atoms with Gasteiger partial charge < -0.3 is 4.42 Å². The predicted octanol–water partition coefficient (Wildman–Crippen LogP) is 7.85. The van der Waals surface area contributed by atoms with Gasteiger partial charge in [0.1, 0.15) is 17.0 Å². The van der Waals surface area contributed by atoms with Gasteiger partial charge in [0.2, 0.25) is 0 Å². The zero-order valence-corrected chi connectivity index (χ0v) is 18.8. The second-order valence-corrected chi connectivity index (χ2v) is 9.49. The van der Waals surface area contributed by atoms with Gasteiger partial charge in [0.25, 0.3) is 0 Å². The van der Waals surface area contributed by atoms with Crippen LogP contribution >= 0.6 is 0 Å². The minimum Gasteiger partial charge on any atom is -0.427 e. The van der Waals surface area contributed by atoms with E-state index >= 15 is 4.39 Å². The lowest BCUT2D eigenvalue weighted by Crippen LogP contribution is -2.18. The Morgan fingerprint density at radius 2 is 1.90 bits per heavy atom. The summed E-state index contributed by atoms with van der Waals surface area (Å²) in [6, 6.07) is 5.67. The molecule has 2 nitrogen and oxygen atoms in total. The fourth-order valence-electron chi connectivity index (χ4n) is 5.53. The van der Waals surface area contributed by atoms with Gasteiger partial charge in [0.15, 0.2) is 0 Å². The summed E-state index contributed by atoms with van der Waals surface area (Å²) in [6.07, 6.45) is 16.1. The molecule has 0 amide bonds. The molecule has 0 radical (unpaired) electrons. The molecule has 1 unspecified atom stereocenters. The highest BCUT2D eigenvalue weighted by Crippen LogP contribution is 2.42. The molecule has 1 aromatic heterocycles. The first kappa shape index (κ1) is 22.0. The van der Waals surface area contributed by atoms with E-state index in [4.69, 9.17) is 4.42 Å². The number of halogens is 1. The third-order valence-corrected chi connectivity index (χ3v) is 7.49. The van der Waals surface area contributed by atoms with Crippen LogP contribution in [0.4, 0.5) is 4.39 Å². The van der Waals surface area contributed by atoms with Gasteiger partial charge in [-0.3, -0.25) is 0 Å². The Balaban J connectivity index is 1.48. The van der Waals surface area contributed by atoms with E-state index in [0.29, 0.717) is 28.5 Å². The fraction of sp³-hybridized carbons (Fsp3) is 0.536. The number of hydrogen-bond donors (Lipinski definition) is 0. The highest BCUT2D eigenvalue weighted by Gasteiger charge is 2.28. The summed E-state index contributed by atoms with van der Waals surface area (Å²) in [5, 5.41) is 0.797. The Bertz CT molecular complexity index is 1010. The maximum atomic E-state index is 15.4. The molecule has 1 heterocycles. The molecule has 2 aromatic rings.